The molecule has 0 radical (unpaired) electrons. The van der Waals surface area contributed by atoms with Crippen molar-refractivity contribution >= 4 is 18.0 Å². The predicted octanol–water partition coefficient (Wildman–Crippen LogP) is 5.63. The molecule has 0 N–H and O–H groups in total. The van der Waals surface area contributed by atoms with Crippen molar-refractivity contribution in [1.82, 2.24) is 9.58 Å². The molecule has 4 aromatic rings. The molecule has 0 unspecified atom stereocenters. The third-order valence-electron chi connectivity index (χ3n) is 8.56. The molecule has 1 aliphatic heterocycles. The first-order valence-corrected chi connectivity index (χ1v) is 12.8. The van der Waals surface area contributed by atoms with E-state index in [1.807, 2.05) is 43.3 Å². The molecular weight excluding hydrogens is 458 g/mol. The van der Waals surface area contributed by atoms with Crippen LogP contribution in [0.1, 0.15) is 56.6 Å². The van der Waals surface area contributed by atoms with Gasteiger partial charge >= 0.3 is 0 Å². The summed E-state index contributed by atoms with van der Waals surface area (Å²) < 4.78 is 2.19. The number of hydrazone groups is 1. The predicted molar refractivity (Wildman–Crippen MR) is 143 cm³/mol. The van der Waals surface area contributed by atoms with Gasteiger partial charge in [0.25, 0.3) is 11.8 Å². The van der Waals surface area contributed by atoms with Gasteiger partial charge in [-0.2, -0.15) is 10.1 Å². The molecule has 4 aliphatic rings. The van der Waals surface area contributed by atoms with Crippen LogP contribution in [0.4, 0.5) is 0 Å². The molecule has 3 aliphatic carbocycles. The monoisotopic (exact) mass is 485 g/mol. The fourth-order valence-electron chi connectivity index (χ4n) is 7.00. The average Bonchev–Trinajstić information content (AvgIpc) is 3.34. The molecule has 5 nitrogen and oxygen atoms in total. The van der Waals surface area contributed by atoms with Gasteiger partial charge in [0.2, 0.25) is 0 Å². The normalized spacial score (nSPS) is 23.5. The van der Waals surface area contributed by atoms with E-state index in [0.717, 1.165) is 27.6 Å². The average molecular weight is 486 g/mol. The van der Waals surface area contributed by atoms with Gasteiger partial charge in [-0.25, -0.2) is 0 Å². The van der Waals surface area contributed by atoms with Crippen LogP contribution in [-0.2, 0) is 9.59 Å². The Morgan fingerprint density at radius 1 is 0.703 bits per heavy atom. The third-order valence-corrected chi connectivity index (χ3v) is 8.56. The molecule has 37 heavy (non-hydrogen) atoms. The summed E-state index contributed by atoms with van der Waals surface area (Å²) in [5, 5.41) is 5.68. The van der Waals surface area contributed by atoms with Crippen LogP contribution >= 0.6 is 0 Å². The second kappa shape index (κ2) is 7.87. The summed E-state index contributed by atoms with van der Waals surface area (Å²) in [5.41, 5.74) is 9.95. The van der Waals surface area contributed by atoms with E-state index in [0.29, 0.717) is 0 Å². The standard InChI is InChI=1S/C32H27N3O2/c1-18-10-4-9-15-26(18)34-19(2)16-21(20(34)3)17-33-35-31(36)29-27-22-11-5-6-12-23(22)28(30(29)32(35)37)25-14-8-7-13-24(25)27/h4-17,27-30H,1-3H3/b33-17-/t27?,28?,29-,30+. The van der Waals surface area contributed by atoms with Crippen LogP contribution in [-0.4, -0.2) is 27.6 Å². The van der Waals surface area contributed by atoms with Crippen molar-refractivity contribution in [1.29, 1.82) is 0 Å². The van der Waals surface area contributed by atoms with E-state index in [1.54, 1.807) is 6.21 Å². The topological polar surface area (TPSA) is 54.7 Å². The molecule has 5 heteroatoms. The van der Waals surface area contributed by atoms with Crippen molar-refractivity contribution in [2.75, 3.05) is 0 Å². The first-order chi connectivity index (χ1) is 18.0. The number of carbonyl (C=O) groups is 2. The molecule has 3 aromatic carbocycles. The van der Waals surface area contributed by atoms with E-state index in [2.05, 4.69) is 66.0 Å². The molecular formula is C32H27N3O2. The van der Waals surface area contributed by atoms with Gasteiger partial charge in [-0.3, -0.25) is 9.59 Å². The smallest absolute Gasteiger partial charge is 0.254 e. The lowest BCUT2D eigenvalue weighted by Gasteiger charge is -2.45. The van der Waals surface area contributed by atoms with Gasteiger partial charge in [0.15, 0.2) is 0 Å². The van der Waals surface area contributed by atoms with Crippen LogP contribution in [0.5, 0.6) is 0 Å². The molecule has 2 atom stereocenters. The van der Waals surface area contributed by atoms with Crippen LogP contribution in [0, 0.1) is 32.6 Å². The van der Waals surface area contributed by atoms with Gasteiger partial charge in [-0.05, 0) is 60.7 Å². The fourth-order valence-corrected chi connectivity index (χ4v) is 7.00. The van der Waals surface area contributed by atoms with Crippen LogP contribution in [0.15, 0.2) is 84.0 Å². The SMILES string of the molecule is Cc1ccccc1-n1c(C)cc(/C=N\N2C(=O)[C@@H]3C4c5ccccc5C(c5ccccc54)[C@@H]3C2=O)c1C. The van der Waals surface area contributed by atoms with Gasteiger partial charge in [0.1, 0.15) is 0 Å². The number of aromatic nitrogens is 1. The summed E-state index contributed by atoms with van der Waals surface area (Å²) in [6.07, 6.45) is 1.67. The molecule has 2 amide bonds. The van der Waals surface area contributed by atoms with E-state index in [4.69, 9.17) is 0 Å². The highest BCUT2D eigenvalue weighted by Gasteiger charge is 2.61. The first kappa shape index (κ1) is 22.0. The number of benzene rings is 3. The van der Waals surface area contributed by atoms with Crippen LogP contribution < -0.4 is 0 Å². The zero-order chi connectivity index (χ0) is 25.4. The first-order valence-electron chi connectivity index (χ1n) is 12.8. The summed E-state index contributed by atoms with van der Waals surface area (Å²) in [6.45, 7) is 6.20. The van der Waals surface area contributed by atoms with Crippen molar-refractivity contribution < 1.29 is 9.59 Å². The highest BCUT2D eigenvalue weighted by atomic mass is 16.2. The van der Waals surface area contributed by atoms with Crippen LogP contribution in [0.25, 0.3) is 5.69 Å². The Kier molecular flexibility index (Phi) is 4.68. The van der Waals surface area contributed by atoms with E-state index in [1.165, 1.54) is 27.8 Å². The maximum atomic E-state index is 13.8. The number of nitrogens with zero attached hydrogens (tertiary/aromatic N) is 3. The number of imide groups is 1. The highest BCUT2D eigenvalue weighted by Crippen LogP contribution is 2.60. The van der Waals surface area contributed by atoms with Gasteiger partial charge in [0, 0.05) is 34.5 Å². The second-order valence-corrected chi connectivity index (χ2v) is 10.4. The van der Waals surface area contributed by atoms with Gasteiger partial charge < -0.3 is 4.57 Å². The Bertz CT molecular complexity index is 1530. The van der Waals surface area contributed by atoms with Gasteiger partial charge in [-0.1, -0.05) is 66.7 Å². The third kappa shape index (κ3) is 2.94. The van der Waals surface area contributed by atoms with Gasteiger partial charge in [0.05, 0.1) is 18.1 Å². The summed E-state index contributed by atoms with van der Waals surface area (Å²) in [5.74, 6) is -1.47. The Morgan fingerprint density at radius 2 is 1.19 bits per heavy atom. The Balaban J connectivity index is 1.28. The second-order valence-electron chi connectivity index (χ2n) is 10.4. The van der Waals surface area contributed by atoms with Gasteiger partial charge in [-0.15, -0.1) is 0 Å². The molecule has 1 aromatic heterocycles. The van der Waals surface area contributed by atoms with Crippen molar-refractivity contribution in [3.63, 3.8) is 0 Å². The van der Waals surface area contributed by atoms with Crippen molar-refractivity contribution in [2.45, 2.75) is 32.6 Å². The maximum Gasteiger partial charge on any atom is 0.254 e. The lowest BCUT2D eigenvalue weighted by molar-refractivity contribution is -0.139. The quantitative estimate of drug-likeness (QED) is 0.279. The van der Waals surface area contributed by atoms with Crippen molar-refractivity contribution in [3.05, 3.63) is 124 Å². The summed E-state index contributed by atoms with van der Waals surface area (Å²) >= 11 is 0. The minimum atomic E-state index is -0.418. The largest absolute Gasteiger partial charge is 0.318 e. The highest BCUT2D eigenvalue weighted by molar-refractivity contribution is 6.08. The number of aryl methyl sites for hydroxylation is 2. The Morgan fingerprint density at radius 3 is 1.70 bits per heavy atom. The van der Waals surface area contributed by atoms with Crippen molar-refractivity contribution in [2.24, 2.45) is 16.9 Å². The number of amides is 2. The van der Waals surface area contributed by atoms with E-state index < -0.39 is 11.8 Å². The molecule has 0 spiro atoms. The molecule has 2 bridgehead atoms. The minimum Gasteiger partial charge on any atom is -0.318 e. The molecule has 182 valence electrons. The Hall–Kier alpha value is -4.25. The fraction of sp³-hybridized carbons (Fsp3) is 0.219. The zero-order valence-corrected chi connectivity index (χ0v) is 21.1. The maximum absolute atomic E-state index is 13.8. The molecule has 1 saturated heterocycles. The van der Waals surface area contributed by atoms with Crippen LogP contribution in [0.3, 0.4) is 0 Å². The molecule has 0 saturated carbocycles. The molecule has 1 fully saturated rings. The Labute approximate surface area is 216 Å². The minimum absolute atomic E-state index is 0.120. The number of hydrogen-bond donors (Lipinski definition) is 0. The summed E-state index contributed by atoms with van der Waals surface area (Å²) in [7, 11) is 0. The van der Waals surface area contributed by atoms with Crippen molar-refractivity contribution in [3.8, 4) is 5.69 Å². The number of rotatable bonds is 3. The van der Waals surface area contributed by atoms with E-state index in [9.17, 15) is 9.59 Å². The van der Waals surface area contributed by atoms with E-state index >= 15 is 0 Å². The van der Waals surface area contributed by atoms with Crippen LogP contribution in [0.2, 0.25) is 0 Å². The number of carbonyl (C=O) groups excluding carboxylic acids is 2. The lowest BCUT2D eigenvalue weighted by atomic mass is 9.55. The summed E-state index contributed by atoms with van der Waals surface area (Å²) in [6, 6.07) is 26.9. The molecule has 2 heterocycles. The lowest BCUT2D eigenvalue weighted by Crippen LogP contribution is -2.41. The molecule has 8 rings (SSSR count). The van der Waals surface area contributed by atoms with E-state index in [-0.39, 0.29) is 23.7 Å². The number of hydrogen-bond acceptors (Lipinski definition) is 3. The number of para-hydroxylation sites is 1. The summed E-state index contributed by atoms with van der Waals surface area (Å²) in [4.78, 5) is 27.6. The zero-order valence-electron chi connectivity index (χ0n) is 21.1.